The molecule has 1 fully saturated rings. The minimum Gasteiger partial charge on any atom is -0.466 e. The predicted octanol–water partition coefficient (Wildman–Crippen LogP) is 5.11. The van der Waals surface area contributed by atoms with Gasteiger partial charge in [-0.15, -0.1) is 0 Å². The summed E-state index contributed by atoms with van der Waals surface area (Å²) in [5.41, 5.74) is 4.38. The number of anilines is 2. The molecule has 0 unspecified atom stereocenters. The van der Waals surface area contributed by atoms with Crippen molar-refractivity contribution >= 4 is 49.4 Å². The molecule has 0 saturated carbocycles. The lowest BCUT2D eigenvalue weighted by molar-refractivity contribution is 0.102. The molecule has 0 spiro atoms. The Morgan fingerprint density at radius 1 is 1.09 bits per heavy atom. The molecule has 1 aliphatic rings. The Morgan fingerprint density at radius 3 is 2.69 bits per heavy atom. The van der Waals surface area contributed by atoms with Crippen molar-refractivity contribution in [1.82, 2.24) is 15.1 Å². The number of rotatable bonds is 4. The van der Waals surface area contributed by atoms with E-state index in [1.54, 1.807) is 24.3 Å². The van der Waals surface area contributed by atoms with Gasteiger partial charge in [0, 0.05) is 24.3 Å². The number of fused-ring (bicyclic) bond motifs is 2. The van der Waals surface area contributed by atoms with Crippen LogP contribution in [0, 0.1) is 20.8 Å². The van der Waals surface area contributed by atoms with Gasteiger partial charge in [0.15, 0.2) is 5.13 Å². The summed E-state index contributed by atoms with van der Waals surface area (Å²) in [6.07, 6.45) is 0. The molecule has 1 N–H and O–H groups in total. The first-order chi connectivity index (χ1) is 17.0. The van der Waals surface area contributed by atoms with E-state index in [0.717, 1.165) is 45.5 Å². The number of hydrogen-bond acceptors (Lipinski definition) is 9. The van der Waals surface area contributed by atoms with E-state index in [9.17, 15) is 4.79 Å². The first-order valence-electron chi connectivity index (χ1n) is 11.4. The summed E-state index contributed by atoms with van der Waals surface area (Å²) >= 11 is 1.61. The van der Waals surface area contributed by atoms with E-state index >= 15 is 0 Å². The van der Waals surface area contributed by atoms with Crippen LogP contribution in [0.25, 0.3) is 32.6 Å². The van der Waals surface area contributed by atoms with E-state index in [2.05, 4.69) is 20.4 Å². The monoisotopic (exact) mass is 489 g/mol. The number of furan rings is 1. The maximum atomic E-state index is 13.5. The number of nitrogens with one attached hydrogen (secondary N) is 1. The molecule has 0 atom stereocenters. The van der Waals surface area contributed by atoms with E-state index in [1.165, 1.54) is 0 Å². The third kappa shape index (κ3) is 3.94. The van der Waals surface area contributed by atoms with Gasteiger partial charge >= 0.3 is 0 Å². The van der Waals surface area contributed by atoms with Gasteiger partial charge in [-0.05, 0) is 51.1 Å². The summed E-state index contributed by atoms with van der Waals surface area (Å²) in [7, 11) is 0. The number of thiazole rings is 1. The van der Waals surface area contributed by atoms with Gasteiger partial charge < -0.3 is 23.9 Å². The van der Waals surface area contributed by atoms with Gasteiger partial charge in [-0.1, -0.05) is 16.5 Å². The second-order valence-electron chi connectivity index (χ2n) is 8.56. The summed E-state index contributed by atoms with van der Waals surface area (Å²) in [6, 6.07) is 9.42. The van der Waals surface area contributed by atoms with Gasteiger partial charge in [-0.25, -0.2) is 9.97 Å². The number of amides is 1. The molecule has 6 rings (SSSR count). The van der Waals surface area contributed by atoms with Crippen LogP contribution >= 0.6 is 11.3 Å². The summed E-state index contributed by atoms with van der Waals surface area (Å²) < 4.78 is 17.5. The third-order valence-electron chi connectivity index (χ3n) is 6.10. The van der Waals surface area contributed by atoms with Crippen molar-refractivity contribution in [2.45, 2.75) is 20.8 Å². The van der Waals surface area contributed by atoms with Crippen LogP contribution in [0.15, 0.2) is 39.3 Å². The van der Waals surface area contributed by atoms with Crippen LogP contribution in [0.3, 0.4) is 0 Å². The highest BCUT2D eigenvalue weighted by molar-refractivity contribution is 7.22. The molecular formula is C25H23N5O4S. The molecule has 5 aromatic rings. The van der Waals surface area contributed by atoms with Crippen LogP contribution in [-0.4, -0.2) is 47.3 Å². The number of ether oxygens (including phenoxy) is 1. The lowest BCUT2D eigenvalue weighted by Crippen LogP contribution is -2.36. The van der Waals surface area contributed by atoms with Crippen molar-refractivity contribution < 1.29 is 18.5 Å². The van der Waals surface area contributed by atoms with E-state index in [0.29, 0.717) is 47.0 Å². The summed E-state index contributed by atoms with van der Waals surface area (Å²) in [5.74, 6) is 1.23. The highest BCUT2D eigenvalue weighted by Crippen LogP contribution is 2.33. The molecule has 10 heteroatoms. The molecule has 4 aromatic heterocycles. The zero-order valence-electron chi connectivity index (χ0n) is 19.5. The number of aromatic nitrogens is 3. The lowest BCUT2D eigenvalue weighted by Gasteiger charge is -2.25. The number of nitrogens with zero attached hydrogens (tertiary/aromatic N) is 4. The van der Waals surface area contributed by atoms with E-state index in [-0.39, 0.29) is 5.91 Å². The number of carbonyl (C=O) groups excluding carboxylic acids is 1. The van der Waals surface area contributed by atoms with Crippen LogP contribution in [0.1, 0.15) is 27.6 Å². The molecule has 35 heavy (non-hydrogen) atoms. The number of benzene rings is 1. The third-order valence-corrected chi connectivity index (χ3v) is 7.17. The molecule has 0 bridgehead atoms. The second kappa shape index (κ2) is 8.47. The van der Waals surface area contributed by atoms with Gasteiger partial charge in [0.05, 0.1) is 45.8 Å². The Kier molecular flexibility index (Phi) is 5.27. The topological polar surface area (TPSA) is 107 Å². The molecule has 9 nitrogen and oxygen atoms in total. The first kappa shape index (κ1) is 21.8. The largest absolute Gasteiger partial charge is 0.466 e. The Morgan fingerprint density at radius 2 is 1.91 bits per heavy atom. The van der Waals surface area contributed by atoms with Crippen molar-refractivity contribution in [2.75, 3.05) is 36.5 Å². The zero-order valence-corrected chi connectivity index (χ0v) is 20.4. The van der Waals surface area contributed by atoms with Gasteiger partial charge in [0.2, 0.25) is 0 Å². The molecule has 178 valence electrons. The number of aryl methyl sites for hydroxylation is 3. The van der Waals surface area contributed by atoms with Crippen LogP contribution < -0.4 is 10.2 Å². The highest BCUT2D eigenvalue weighted by atomic mass is 32.1. The average Bonchev–Trinajstić information content (AvgIpc) is 3.55. The van der Waals surface area contributed by atoms with Crippen LogP contribution in [0.5, 0.6) is 0 Å². The Hall–Kier alpha value is -3.76. The van der Waals surface area contributed by atoms with Crippen molar-refractivity contribution in [3.63, 3.8) is 0 Å². The van der Waals surface area contributed by atoms with E-state index < -0.39 is 0 Å². The molecular weight excluding hydrogens is 466 g/mol. The number of carbonyl (C=O) groups is 1. The molecule has 1 aromatic carbocycles. The normalized spacial score (nSPS) is 14.2. The maximum absolute atomic E-state index is 13.5. The fourth-order valence-electron chi connectivity index (χ4n) is 4.38. The molecule has 1 amide bonds. The minimum absolute atomic E-state index is 0.264. The van der Waals surface area contributed by atoms with E-state index in [4.69, 9.17) is 18.7 Å². The van der Waals surface area contributed by atoms with Gasteiger partial charge in [-0.2, -0.15) is 0 Å². The zero-order chi connectivity index (χ0) is 24.1. The fourth-order valence-corrected chi connectivity index (χ4v) is 5.43. The smallest absolute Gasteiger partial charge is 0.259 e. The lowest BCUT2D eigenvalue weighted by atomic mass is 10.1. The van der Waals surface area contributed by atoms with Gasteiger partial charge in [0.25, 0.3) is 11.6 Å². The average molecular weight is 490 g/mol. The SMILES string of the molecule is Cc1cc(-c2cc(C(=O)Nc3ccc4nc(N5CCOCC5)sc4c3)c3c(C)noc3n2)c(C)o1. The standard InChI is InChI=1S/C25H23N5O4S/c1-13-10-17(15(3)33-13)20-12-18(22-14(2)29-34-24(22)27-20)23(31)26-16-4-5-19-21(11-16)35-25(28-19)30-6-8-32-9-7-30/h4-5,10-12H,6-9H2,1-3H3,(H,26,31). The minimum atomic E-state index is -0.264. The number of hydrogen-bond donors (Lipinski definition) is 1. The van der Waals surface area contributed by atoms with Gasteiger partial charge in [-0.3, -0.25) is 4.79 Å². The molecule has 0 radical (unpaired) electrons. The fraction of sp³-hybridized carbons (Fsp3) is 0.280. The van der Waals surface area contributed by atoms with Crippen LogP contribution in [0.4, 0.5) is 10.8 Å². The molecule has 1 aliphatic heterocycles. The van der Waals surface area contributed by atoms with Crippen LogP contribution in [-0.2, 0) is 4.74 Å². The first-order valence-corrected chi connectivity index (χ1v) is 12.2. The van der Waals surface area contributed by atoms with Crippen molar-refractivity contribution in [3.8, 4) is 11.3 Å². The second-order valence-corrected chi connectivity index (χ2v) is 9.57. The maximum Gasteiger partial charge on any atom is 0.259 e. The Bertz CT molecular complexity index is 1580. The van der Waals surface area contributed by atoms with Crippen LogP contribution in [0.2, 0.25) is 0 Å². The quantitative estimate of drug-likeness (QED) is 0.371. The highest BCUT2D eigenvalue weighted by Gasteiger charge is 2.22. The van der Waals surface area contributed by atoms with Crippen molar-refractivity contribution in [1.29, 1.82) is 0 Å². The van der Waals surface area contributed by atoms with E-state index in [1.807, 2.05) is 38.1 Å². The van der Waals surface area contributed by atoms with Crippen molar-refractivity contribution in [2.24, 2.45) is 0 Å². The Balaban J connectivity index is 1.34. The summed E-state index contributed by atoms with van der Waals surface area (Å²) in [5, 5.41) is 8.63. The summed E-state index contributed by atoms with van der Waals surface area (Å²) in [6.45, 7) is 8.62. The predicted molar refractivity (Wildman–Crippen MR) is 134 cm³/mol. The Labute approximate surface area is 204 Å². The number of pyridine rings is 1. The molecule has 0 aliphatic carbocycles. The molecule has 5 heterocycles. The van der Waals surface area contributed by atoms with Gasteiger partial charge in [0.1, 0.15) is 11.5 Å². The van der Waals surface area contributed by atoms with Crippen molar-refractivity contribution in [3.05, 3.63) is 53.1 Å². The number of morpholine rings is 1. The molecule has 1 saturated heterocycles. The summed E-state index contributed by atoms with van der Waals surface area (Å²) in [4.78, 5) is 25.0.